The number of aliphatic hydroxyl groups excluding tert-OH is 1. The average Bonchev–Trinajstić information content (AvgIpc) is 3.18. The number of aliphatic hydroxyl groups is 1. The fourth-order valence-electron chi connectivity index (χ4n) is 4.37. The Hall–Kier alpha value is -3.91. The quantitative estimate of drug-likeness (QED) is 0.589. The van der Waals surface area contributed by atoms with Gasteiger partial charge in [0, 0.05) is 49.1 Å². The van der Waals surface area contributed by atoms with Gasteiger partial charge in [-0.3, -0.25) is 14.6 Å². The van der Waals surface area contributed by atoms with Gasteiger partial charge in [0.2, 0.25) is 6.10 Å². The van der Waals surface area contributed by atoms with Crippen LogP contribution in [0.25, 0.3) is 10.9 Å². The first-order valence-corrected chi connectivity index (χ1v) is 10.9. The highest BCUT2D eigenvalue weighted by Gasteiger charge is 2.45. The summed E-state index contributed by atoms with van der Waals surface area (Å²) in [5.74, 6) is -1.80. The van der Waals surface area contributed by atoms with Crippen molar-refractivity contribution >= 4 is 28.4 Å². The first-order valence-electron chi connectivity index (χ1n) is 10.9. The molecule has 1 aromatic carbocycles. The number of benzene rings is 1. The molecule has 0 bridgehead atoms. The molecule has 1 fully saturated rings. The summed E-state index contributed by atoms with van der Waals surface area (Å²) >= 11 is 0. The summed E-state index contributed by atoms with van der Waals surface area (Å²) in [6, 6.07) is 10.3. The van der Waals surface area contributed by atoms with Crippen LogP contribution in [0.1, 0.15) is 40.4 Å². The highest BCUT2D eigenvalue weighted by molar-refractivity contribution is 6.04. The molecule has 1 saturated heterocycles. The number of pyridine rings is 1. The molecule has 2 N–H and O–H groups in total. The molecule has 1 atom stereocenters. The third-order valence-corrected chi connectivity index (χ3v) is 6.19. The average molecular weight is 485 g/mol. The highest BCUT2D eigenvalue weighted by Crippen LogP contribution is 2.36. The number of halogens is 3. The Morgan fingerprint density at radius 3 is 2.60 bits per heavy atom. The van der Waals surface area contributed by atoms with Crippen LogP contribution in [-0.2, 0) is 11.8 Å². The van der Waals surface area contributed by atoms with Crippen molar-refractivity contribution < 1.29 is 27.9 Å². The van der Waals surface area contributed by atoms with Crippen molar-refractivity contribution in [2.24, 2.45) is 7.05 Å². The van der Waals surface area contributed by atoms with E-state index in [1.165, 1.54) is 18.3 Å². The molecule has 2 amide bonds. The Morgan fingerprint density at radius 2 is 1.94 bits per heavy atom. The molecule has 2 aromatic heterocycles. The maximum Gasteiger partial charge on any atom is 0.423 e. The van der Waals surface area contributed by atoms with E-state index in [0.717, 1.165) is 21.4 Å². The number of nitrogens with zero attached hydrogens (tertiary/aromatic N) is 4. The van der Waals surface area contributed by atoms with Crippen LogP contribution in [0.4, 0.5) is 18.9 Å². The number of nitrogens with one attached hydrogen (secondary N) is 1. The molecule has 3 aromatic rings. The van der Waals surface area contributed by atoms with Crippen LogP contribution in [0.3, 0.4) is 0 Å². The molecule has 1 aliphatic heterocycles. The maximum absolute atomic E-state index is 12.7. The number of hydrogen-bond acceptors (Lipinski definition) is 5. The lowest BCUT2D eigenvalue weighted by molar-refractivity contribution is -0.211. The summed E-state index contributed by atoms with van der Waals surface area (Å²) in [5, 5.41) is 22.0. The number of aryl methyl sites for hydroxylation is 1. The molecule has 4 rings (SSSR count). The van der Waals surface area contributed by atoms with Gasteiger partial charge in [-0.2, -0.15) is 18.4 Å². The van der Waals surface area contributed by atoms with E-state index >= 15 is 0 Å². The normalized spacial score (nSPS) is 15.6. The number of nitriles is 1. The molecule has 182 valence electrons. The van der Waals surface area contributed by atoms with Gasteiger partial charge >= 0.3 is 6.18 Å². The number of alkyl halides is 3. The van der Waals surface area contributed by atoms with Gasteiger partial charge in [0.25, 0.3) is 11.8 Å². The van der Waals surface area contributed by atoms with E-state index < -0.39 is 24.1 Å². The van der Waals surface area contributed by atoms with Gasteiger partial charge in [0.1, 0.15) is 5.69 Å². The van der Waals surface area contributed by atoms with Crippen LogP contribution in [0.2, 0.25) is 0 Å². The fourth-order valence-corrected chi connectivity index (χ4v) is 4.37. The predicted octanol–water partition coefficient (Wildman–Crippen LogP) is 3.33. The van der Waals surface area contributed by atoms with Crippen LogP contribution in [0.5, 0.6) is 0 Å². The second kappa shape index (κ2) is 9.38. The zero-order chi connectivity index (χ0) is 25.3. The molecule has 35 heavy (non-hydrogen) atoms. The lowest BCUT2D eigenvalue weighted by atomic mass is 9.89. The zero-order valence-corrected chi connectivity index (χ0v) is 18.7. The Labute approximate surface area is 198 Å². The van der Waals surface area contributed by atoms with Gasteiger partial charge in [-0.25, -0.2) is 0 Å². The number of aromatic nitrogens is 2. The minimum absolute atomic E-state index is 0.00860. The number of carbonyl (C=O) groups is 2. The molecule has 11 heteroatoms. The smallest absolute Gasteiger partial charge is 0.376 e. The van der Waals surface area contributed by atoms with Crippen LogP contribution in [0.15, 0.2) is 42.7 Å². The lowest BCUT2D eigenvalue weighted by Crippen LogP contribution is -2.48. The van der Waals surface area contributed by atoms with Crippen LogP contribution in [0, 0.1) is 11.3 Å². The molecule has 0 aliphatic carbocycles. The van der Waals surface area contributed by atoms with Gasteiger partial charge < -0.3 is 19.9 Å². The number of hydrogen-bond donors (Lipinski definition) is 2. The minimum atomic E-state index is -4.99. The van der Waals surface area contributed by atoms with Crippen molar-refractivity contribution in [1.29, 1.82) is 5.26 Å². The van der Waals surface area contributed by atoms with Gasteiger partial charge in [0.05, 0.1) is 11.6 Å². The molecular formula is C24H22F3N5O3. The second-order valence-corrected chi connectivity index (χ2v) is 8.47. The van der Waals surface area contributed by atoms with Gasteiger partial charge in [-0.1, -0.05) is 0 Å². The van der Waals surface area contributed by atoms with Crippen LogP contribution >= 0.6 is 0 Å². The van der Waals surface area contributed by atoms with Crippen molar-refractivity contribution in [2.75, 3.05) is 18.4 Å². The number of anilines is 1. The fraction of sp³-hybridized carbons (Fsp3) is 0.333. The predicted molar refractivity (Wildman–Crippen MR) is 120 cm³/mol. The van der Waals surface area contributed by atoms with Gasteiger partial charge in [-0.15, -0.1) is 0 Å². The van der Waals surface area contributed by atoms with E-state index in [1.807, 2.05) is 36.0 Å². The van der Waals surface area contributed by atoms with E-state index in [4.69, 9.17) is 5.26 Å². The van der Waals surface area contributed by atoms with Crippen molar-refractivity contribution in [3.8, 4) is 6.07 Å². The minimum Gasteiger partial charge on any atom is -0.376 e. The van der Waals surface area contributed by atoms with E-state index in [1.54, 1.807) is 6.07 Å². The Kier molecular flexibility index (Phi) is 6.49. The standard InChI is InChI=1S/C24H22F3N5O3/c1-31-13-18(15-5-8-32(9-6-15)23(35)21(33)24(25,26)27)17-11-16(2-3-20(17)31)30-22(34)19-10-14(12-28)4-7-29-19/h2-4,7,10-11,13,15,21,33H,5-6,8-9H2,1H3,(H,30,34). The third kappa shape index (κ3) is 4.97. The second-order valence-electron chi connectivity index (χ2n) is 8.47. The van der Waals surface area contributed by atoms with Crippen molar-refractivity contribution in [2.45, 2.75) is 31.0 Å². The van der Waals surface area contributed by atoms with Crippen molar-refractivity contribution in [3.05, 3.63) is 59.5 Å². The number of piperidine rings is 1. The number of rotatable bonds is 4. The lowest BCUT2D eigenvalue weighted by Gasteiger charge is -2.33. The molecule has 0 saturated carbocycles. The zero-order valence-electron chi connectivity index (χ0n) is 18.7. The number of fused-ring (bicyclic) bond motifs is 1. The molecule has 1 unspecified atom stereocenters. The summed E-state index contributed by atoms with van der Waals surface area (Å²) in [7, 11) is 1.87. The summed E-state index contributed by atoms with van der Waals surface area (Å²) in [6.07, 6.45) is -3.78. The van der Waals surface area contributed by atoms with Gasteiger partial charge in [0.15, 0.2) is 0 Å². The molecule has 3 heterocycles. The summed E-state index contributed by atoms with van der Waals surface area (Å²) < 4.78 is 40.0. The Bertz CT molecular complexity index is 1320. The monoisotopic (exact) mass is 485 g/mol. The van der Waals surface area contributed by atoms with E-state index in [0.29, 0.717) is 24.1 Å². The molecule has 0 spiro atoms. The Balaban J connectivity index is 1.52. The van der Waals surface area contributed by atoms with Crippen LogP contribution in [-0.4, -0.2) is 56.7 Å². The largest absolute Gasteiger partial charge is 0.423 e. The van der Waals surface area contributed by atoms with Crippen LogP contribution < -0.4 is 5.32 Å². The summed E-state index contributed by atoms with van der Waals surface area (Å²) in [6.45, 7) is 0.203. The van der Waals surface area contributed by atoms with E-state index in [9.17, 15) is 27.9 Å². The molecule has 1 aliphatic rings. The van der Waals surface area contributed by atoms with Crippen molar-refractivity contribution in [1.82, 2.24) is 14.5 Å². The first kappa shape index (κ1) is 24.2. The van der Waals surface area contributed by atoms with E-state index in [2.05, 4.69) is 10.3 Å². The Morgan fingerprint density at radius 1 is 1.23 bits per heavy atom. The van der Waals surface area contributed by atoms with Gasteiger partial charge in [-0.05, 0) is 54.7 Å². The first-order chi connectivity index (χ1) is 16.6. The topological polar surface area (TPSA) is 111 Å². The molecular weight excluding hydrogens is 463 g/mol. The molecule has 8 nitrogen and oxygen atoms in total. The number of carbonyl (C=O) groups excluding carboxylic acids is 2. The summed E-state index contributed by atoms with van der Waals surface area (Å²) in [5.41, 5.74) is 2.83. The number of likely N-dealkylation sites (tertiary alicyclic amines) is 1. The van der Waals surface area contributed by atoms with E-state index in [-0.39, 0.29) is 24.7 Å². The maximum atomic E-state index is 12.7. The number of amides is 2. The SMILES string of the molecule is Cn1cc(C2CCN(C(=O)C(O)C(F)(F)F)CC2)c2cc(NC(=O)c3cc(C#N)ccn3)ccc21. The third-order valence-electron chi connectivity index (χ3n) is 6.19. The molecule has 0 radical (unpaired) electrons. The highest BCUT2D eigenvalue weighted by atomic mass is 19.4. The summed E-state index contributed by atoms with van der Waals surface area (Å²) in [4.78, 5) is 29.7. The van der Waals surface area contributed by atoms with Crippen molar-refractivity contribution in [3.63, 3.8) is 0 Å².